The lowest BCUT2D eigenvalue weighted by molar-refractivity contribution is -0.148. The quantitative estimate of drug-likeness (QED) is 0.399. The lowest BCUT2D eigenvalue weighted by atomic mass is 9.99. The van der Waals surface area contributed by atoms with Gasteiger partial charge >= 0.3 is 18.2 Å². The molecule has 8 nitrogen and oxygen atoms in total. The smallest absolute Gasteiger partial charge is 0.461 e. The van der Waals surface area contributed by atoms with Crippen molar-refractivity contribution in [2.24, 2.45) is 5.92 Å². The van der Waals surface area contributed by atoms with Gasteiger partial charge in [0.25, 0.3) is 0 Å². The molecule has 0 saturated heterocycles. The van der Waals surface area contributed by atoms with Crippen LogP contribution < -0.4 is 5.32 Å². The molecule has 0 heterocycles. The van der Waals surface area contributed by atoms with Gasteiger partial charge < -0.3 is 24.6 Å². The maximum absolute atomic E-state index is 12.1. The molecule has 1 aromatic rings. The fraction of sp³-hybridized carbons (Fsp3) is 0.471. The van der Waals surface area contributed by atoms with Crippen LogP contribution in [0.4, 0.5) is 9.59 Å². The second-order valence-electron chi connectivity index (χ2n) is 5.35. The summed E-state index contributed by atoms with van der Waals surface area (Å²) in [7, 11) is 0. The Bertz CT molecular complexity index is 561. The van der Waals surface area contributed by atoms with Crippen LogP contribution in [0.3, 0.4) is 0 Å². The average Bonchev–Trinajstić information content (AvgIpc) is 2.61. The summed E-state index contributed by atoms with van der Waals surface area (Å²) in [4.78, 5) is 34.3. The third kappa shape index (κ3) is 8.05. The number of carbonyl (C=O) groups is 3. The molecule has 0 aliphatic carbocycles. The molecule has 0 spiro atoms. The van der Waals surface area contributed by atoms with Gasteiger partial charge in [-0.1, -0.05) is 50.6 Å². The van der Waals surface area contributed by atoms with Gasteiger partial charge in [-0.2, -0.15) is 0 Å². The minimum Gasteiger partial charge on any atom is -0.461 e. The standard InChI is InChI=1S/C17H23NO7/c1-3-12(2)14(15(19)23-9-10-24-17(21)22)18-16(20)25-11-13-7-5-4-6-8-13/h4-8,12,14H,3,9-11H2,1-2H3,(H,18,20)(H,21,22)/t12-,14-/m0/s1. The largest absolute Gasteiger partial charge is 0.505 e. The third-order valence-electron chi connectivity index (χ3n) is 3.51. The average molecular weight is 353 g/mol. The highest BCUT2D eigenvalue weighted by molar-refractivity contribution is 5.81. The van der Waals surface area contributed by atoms with E-state index in [4.69, 9.17) is 14.6 Å². The van der Waals surface area contributed by atoms with Crippen molar-refractivity contribution in [2.75, 3.05) is 13.2 Å². The van der Waals surface area contributed by atoms with Crippen molar-refractivity contribution < 1.29 is 33.7 Å². The third-order valence-corrected chi connectivity index (χ3v) is 3.51. The van der Waals surface area contributed by atoms with Crippen LogP contribution >= 0.6 is 0 Å². The summed E-state index contributed by atoms with van der Waals surface area (Å²) >= 11 is 0. The lowest BCUT2D eigenvalue weighted by Crippen LogP contribution is -2.46. The zero-order valence-electron chi connectivity index (χ0n) is 14.3. The van der Waals surface area contributed by atoms with E-state index in [1.54, 1.807) is 6.92 Å². The Kier molecular flexibility index (Phi) is 8.84. The van der Waals surface area contributed by atoms with Gasteiger partial charge in [-0.05, 0) is 11.5 Å². The predicted octanol–water partition coefficient (Wildman–Crippen LogP) is 2.57. The van der Waals surface area contributed by atoms with Crippen molar-refractivity contribution in [1.82, 2.24) is 5.32 Å². The van der Waals surface area contributed by atoms with Gasteiger partial charge in [-0.15, -0.1) is 0 Å². The summed E-state index contributed by atoms with van der Waals surface area (Å²) in [6.07, 6.45) is -1.55. The van der Waals surface area contributed by atoms with Gasteiger partial charge in [0.15, 0.2) is 0 Å². The summed E-state index contributed by atoms with van der Waals surface area (Å²) < 4.78 is 14.3. The van der Waals surface area contributed by atoms with E-state index >= 15 is 0 Å². The number of carbonyl (C=O) groups excluding carboxylic acids is 2. The fourth-order valence-corrected chi connectivity index (χ4v) is 1.92. The first-order valence-electron chi connectivity index (χ1n) is 7.93. The van der Waals surface area contributed by atoms with Crippen LogP contribution in [0.5, 0.6) is 0 Å². The molecule has 138 valence electrons. The molecule has 1 amide bonds. The van der Waals surface area contributed by atoms with Crippen LogP contribution in [-0.4, -0.2) is 42.6 Å². The van der Waals surface area contributed by atoms with E-state index in [-0.39, 0.29) is 25.7 Å². The monoisotopic (exact) mass is 353 g/mol. The Morgan fingerprint density at radius 1 is 1.08 bits per heavy atom. The zero-order valence-corrected chi connectivity index (χ0v) is 14.3. The van der Waals surface area contributed by atoms with E-state index in [2.05, 4.69) is 10.1 Å². The SMILES string of the molecule is CC[C@H](C)[C@H](NC(=O)OCc1ccccc1)C(=O)OCCOC(=O)O. The molecule has 2 N–H and O–H groups in total. The van der Waals surface area contributed by atoms with E-state index in [1.165, 1.54) is 0 Å². The lowest BCUT2D eigenvalue weighted by Gasteiger charge is -2.22. The Hall–Kier alpha value is -2.77. The summed E-state index contributed by atoms with van der Waals surface area (Å²) in [5, 5.41) is 10.8. The van der Waals surface area contributed by atoms with Gasteiger partial charge in [0.2, 0.25) is 0 Å². The van der Waals surface area contributed by atoms with Crippen molar-refractivity contribution in [2.45, 2.75) is 32.9 Å². The number of ether oxygens (including phenoxy) is 3. The number of hydrogen-bond acceptors (Lipinski definition) is 6. The summed E-state index contributed by atoms with van der Waals surface area (Å²) in [5.41, 5.74) is 0.825. The number of esters is 1. The van der Waals surface area contributed by atoms with Crippen LogP contribution in [-0.2, 0) is 25.6 Å². The first kappa shape index (κ1) is 20.3. The van der Waals surface area contributed by atoms with E-state index in [0.717, 1.165) is 5.56 Å². The number of benzene rings is 1. The molecule has 0 bridgehead atoms. The first-order chi connectivity index (χ1) is 11.9. The van der Waals surface area contributed by atoms with E-state index < -0.39 is 24.3 Å². The molecular weight excluding hydrogens is 330 g/mol. The van der Waals surface area contributed by atoms with E-state index in [0.29, 0.717) is 6.42 Å². The molecular formula is C17H23NO7. The number of amides is 1. The predicted molar refractivity (Wildman–Crippen MR) is 87.9 cm³/mol. The molecule has 0 aromatic heterocycles. The molecule has 0 saturated carbocycles. The van der Waals surface area contributed by atoms with E-state index in [1.807, 2.05) is 37.3 Å². The van der Waals surface area contributed by atoms with Gasteiger partial charge in [0, 0.05) is 0 Å². The molecule has 0 aliphatic rings. The molecule has 25 heavy (non-hydrogen) atoms. The molecule has 1 rings (SSSR count). The highest BCUT2D eigenvalue weighted by Gasteiger charge is 2.28. The summed E-state index contributed by atoms with van der Waals surface area (Å²) in [6.45, 7) is 3.25. The second-order valence-corrected chi connectivity index (χ2v) is 5.35. The molecule has 8 heteroatoms. The molecule has 0 fully saturated rings. The van der Waals surface area contributed by atoms with Crippen LogP contribution in [0.15, 0.2) is 30.3 Å². The number of alkyl carbamates (subject to hydrolysis) is 1. The number of carboxylic acid groups (broad SMARTS) is 1. The van der Waals surface area contributed by atoms with Gasteiger partial charge in [0.05, 0.1) is 0 Å². The normalized spacial score (nSPS) is 12.6. The number of nitrogens with one attached hydrogen (secondary N) is 1. The Morgan fingerprint density at radius 2 is 1.72 bits per heavy atom. The van der Waals surface area contributed by atoms with E-state index in [9.17, 15) is 14.4 Å². The second kappa shape index (κ2) is 10.9. The topological polar surface area (TPSA) is 111 Å². The zero-order chi connectivity index (χ0) is 18.7. The molecule has 0 unspecified atom stereocenters. The molecule has 1 aromatic carbocycles. The maximum atomic E-state index is 12.1. The van der Waals surface area contributed by atoms with Crippen LogP contribution in [0.2, 0.25) is 0 Å². The van der Waals surface area contributed by atoms with Crippen molar-refractivity contribution in [3.05, 3.63) is 35.9 Å². The first-order valence-corrected chi connectivity index (χ1v) is 7.93. The number of rotatable bonds is 9. The van der Waals surface area contributed by atoms with Gasteiger partial charge in [-0.25, -0.2) is 14.4 Å². The van der Waals surface area contributed by atoms with Crippen LogP contribution in [0.25, 0.3) is 0 Å². The highest BCUT2D eigenvalue weighted by Crippen LogP contribution is 2.10. The molecule has 0 radical (unpaired) electrons. The fourth-order valence-electron chi connectivity index (χ4n) is 1.92. The summed E-state index contributed by atoms with van der Waals surface area (Å²) in [5.74, 6) is -0.850. The van der Waals surface area contributed by atoms with Gasteiger partial charge in [-0.3, -0.25) is 0 Å². The van der Waals surface area contributed by atoms with Crippen molar-refractivity contribution in [3.63, 3.8) is 0 Å². The van der Waals surface area contributed by atoms with Crippen molar-refractivity contribution in [3.8, 4) is 0 Å². The highest BCUT2D eigenvalue weighted by atomic mass is 16.7. The molecule has 0 aliphatic heterocycles. The minimum atomic E-state index is -1.45. The number of hydrogen-bond donors (Lipinski definition) is 2. The maximum Gasteiger partial charge on any atom is 0.505 e. The van der Waals surface area contributed by atoms with Crippen LogP contribution in [0, 0.1) is 5.92 Å². The van der Waals surface area contributed by atoms with Crippen LogP contribution in [0.1, 0.15) is 25.8 Å². The van der Waals surface area contributed by atoms with Crippen molar-refractivity contribution in [1.29, 1.82) is 0 Å². The Labute approximate surface area is 146 Å². The Balaban J connectivity index is 2.49. The van der Waals surface area contributed by atoms with Gasteiger partial charge in [0.1, 0.15) is 25.9 Å². The molecule has 2 atom stereocenters. The Morgan fingerprint density at radius 3 is 2.32 bits per heavy atom. The minimum absolute atomic E-state index is 0.0847. The van der Waals surface area contributed by atoms with Crippen molar-refractivity contribution >= 4 is 18.2 Å². The summed E-state index contributed by atoms with van der Waals surface area (Å²) in [6, 6.07) is 8.25.